The largest absolute Gasteiger partial charge is 0.480 e. The van der Waals surface area contributed by atoms with E-state index >= 15 is 0 Å². The molecule has 1 aromatic heterocycles. The lowest BCUT2D eigenvalue weighted by atomic mass is 10.2. The van der Waals surface area contributed by atoms with Crippen LogP contribution in [0.1, 0.15) is 23.8 Å². The fourth-order valence-electron chi connectivity index (χ4n) is 1.11. The first-order chi connectivity index (χ1) is 7.54. The zero-order chi connectivity index (χ0) is 12.1. The highest BCUT2D eigenvalue weighted by Gasteiger charge is 2.19. The van der Waals surface area contributed by atoms with Crippen molar-refractivity contribution in [3.05, 3.63) is 29.8 Å². The van der Waals surface area contributed by atoms with Crippen molar-refractivity contribution in [2.45, 2.75) is 19.4 Å². The van der Waals surface area contributed by atoms with Crippen LogP contribution in [-0.4, -0.2) is 28.0 Å². The smallest absolute Gasteiger partial charge is 0.326 e. The normalized spacial score (nSPS) is 11.9. The van der Waals surface area contributed by atoms with Gasteiger partial charge in [0.15, 0.2) is 0 Å². The highest BCUT2D eigenvalue weighted by molar-refractivity contribution is 5.94. The van der Waals surface area contributed by atoms with Gasteiger partial charge in [-0.1, -0.05) is 13.0 Å². The second kappa shape index (κ2) is 5.20. The number of carbonyl (C=O) groups is 2. The SMILES string of the molecule is CCC(NC(=O)c1cccc(F)n1)C(=O)O. The molecule has 2 N–H and O–H groups in total. The van der Waals surface area contributed by atoms with E-state index in [2.05, 4.69) is 10.3 Å². The highest BCUT2D eigenvalue weighted by Crippen LogP contribution is 1.99. The molecule has 0 spiro atoms. The van der Waals surface area contributed by atoms with Gasteiger partial charge in [-0.25, -0.2) is 9.78 Å². The molecule has 0 aromatic carbocycles. The van der Waals surface area contributed by atoms with Crippen LogP contribution in [0.2, 0.25) is 0 Å². The second-order valence-corrected chi connectivity index (χ2v) is 3.12. The molecule has 5 nitrogen and oxygen atoms in total. The first-order valence-electron chi connectivity index (χ1n) is 4.70. The van der Waals surface area contributed by atoms with E-state index in [4.69, 9.17) is 5.11 Å². The number of pyridine rings is 1. The summed E-state index contributed by atoms with van der Waals surface area (Å²) in [6, 6.07) is 2.76. The van der Waals surface area contributed by atoms with Gasteiger partial charge in [0.2, 0.25) is 5.95 Å². The molecule has 6 heteroatoms. The number of carboxylic acid groups (broad SMARTS) is 1. The van der Waals surface area contributed by atoms with Crippen molar-refractivity contribution >= 4 is 11.9 Å². The first-order valence-corrected chi connectivity index (χ1v) is 4.70. The van der Waals surface area contributed by atoms with Crippen molar-refractivity contribution in [3.8, 4) is 0 Å². The predicted molar refractivity (Wildman–Crippen MR) is 53.4 cm³/mol. The minimum absolute atomic E-state index is 0.139. The Balaban J connectivity index is 2.75. The minimum atomic E-state index is -1.13. The third-order valence-electron chi connectivity index (χ3n) is 1.96. The van der Waals surface area contributed by atoms with Crippen molar-refractivity contribution in [1.82, 2.24) is 10.3 Å². The Morgan fingerprint density at radius 2 is 2.25 bits per heavy atom. The molecule has 0 saturated heterocycles. The molecular weight excluding hydrogens is 215 g/mol. The number of nitrogens with zero attached hydrogens (tertiary/aromatic N) is 1. The van der Waals surface area contributed by atoms with E-state index < -0.39 is 23.9 Å². The van der Waals surface area contributed by atoms with Crippen LogP contribution >= 0.6 is 0 Å². The van der Waals surface area contributed by atoms with E-state index in [1.165, 1.54) is 12.1 Å². The van der Waals surface area contributed by atoms with Gasteiger partial charge >= 0.3 is 5.97 Å². The molecule has 0 aliphatic heterocycles. The summed E-state index contributed by atoms with van der Waals surface area (Å²) in [5.41, 5.74) is -0.139. The fourth-order valence-corrected chi connectivity index (χ4v) is 1.11. The molecular formula is C10H11FN2O3. The lowest BCUT2D eigenvalue weighted by molar-refractivity contribution is -0.139. The van der Waals surface area contributed by atoms with Crippen molar-refractivity contribution in [2.24, 2.45) is 0 Å². The number of rotatable bonds is 4. The van der Waals surface area contributed by atoms with Gasteiger partial charge in [0, 0.05) is 0 Å². The number of hydrogen-bond donors (Lipinski definition) is 2. The average Bonchev–Trinajstić information content (AvgIpc) is 2.25. The molecule has 1 amide bonds. The van der Waals surface area contributed by atoms with Crippen LogP contribution in [0.4, 0.5) is 4.39 Å². The van der Waals surface area contributed by atoms with Gasteiger partial charge in [0.1, 0.15) is 11.7 Å². The summed E-state index contributed by atoms with van der Waals surface area (Å²) < 4.78 is 12.7. The molecule has 0 radical (unpaired) electrons. The summed E-state index contributed by atoms with van der Waals surface area (Å²) in [6.45, 7) is 1.62. The molecule has 1 heterocycles. The van der Waals surface area contributed by atoms with Gasteiger partial charge in [-0.15, -0.1) is 0 Å². The number of carbonyl (C=O) groups excluding carboxylic acids is 1. The minimum Gasteiger partial charge on any atom is -0.480 e. The van der Waals surface area contributed by atoms with Gasteiger partial charge in [0.25, 0.3) is 5.91 Å². The number of nitrogens with one attached hydrogen (secondary N) is 1. The Labute approximate surface area is 91.3 Å². The lowest BCUT2D eigenvalue weighted by Crippen LogP contribution is -2.40. The Bertz CT molecular complexity index is 409. The molecule has 1 atom stereocenters. The van der Waals surface area contributed by atoms with Crippen molar-refractivity contribution in [3.63, 3.8) is 0 Å². The van der Waals surface area contributed by atoms with E-state index in [9.17, 15) is 14.0 Å². The van der Waals surface area contributed by atoms with Gasteiger partial charge in [-0.2, -0.15) is 4.39 Å². The summed E-state index contributed by atoms with van der Waals surface area (Å²) in [4.78, 5) is 25.5. The number of hydrogen-bond acceptors (Lipinski definition) is 3. The third-order valence-corrected chi connectivity index (χ3v) is 1.96. The molecule has 0 aliphatic rings. The molecule has 16 heavy (non-hydrogen) atoms. The Morgan fingerprint density at radius 3 is 2.75 bits per heavy atom. The van der Waals surface area contributed by atoms with Crippen LogP contribution < -0.4 is 5.32 Å². The van der Waals surface area contributed by atoms with Gasteiger partial charge < -0.3 is 10.4 Å². The van der Waals surface area contributed by atoms with Crippen molar-refractivity contribution < 1.29 is 19.1 Å². The van der Waals surface area contributed by atoms with Gasteiger partial charge in [-0.3, -0.25) is 4.79 Å². The van der Waals surface area contributed by atoms with Crippen LogP contribution in [0.25, 0.3) is 0 Å². The summed E-state index contributed by atoms with van der Waals surface area (Å²) in [6.07, 6.45) is 0.246. The predicted octanol–water partition coefficient (Wildman–Crippen LogP) is 0.814. The quantitative estimate of drug-likeness (QED) is 0.745. The highest BCUT2D eigenvalue weighted by atomic mass is 19.1. The van der Waals surface area contributed by atoms with Gasteiger partial charge in [0.05, 0.1) is 0 Å². The van der Waals surface area contributed by atoms with Crippen LogP contribution in [0.3, 0.4) is 0 Å². The first kappa shape index (κ1) is 12.1. The van der Waals surface area contributed by atoms with Gasteiger partial charge in [-0.05, 0) is 18.6 Å². The maximum absolute atomic E-state index is 12.7. The maximum atomic E-state index is 12.7. The van der Waals surface area contributed by atoms with E-state index in [0.29, 0.717) is 0 Å². The van der Waals surface area contributed by atoms with Crippen molar-refractivity contribution in [2.75, 3.05) is 0 Å². The zero-order valence-corrected chi connectivity index (χ0v) is 8.61. The topological polar surface area (TPSA) is 79.3 Å². The zero-order valence-electron chi connectivity index (χ0n) is 8.61. The van der Waals surface area contributed by atoms with Crippen LogP contribution in [-0.2, 0) is 4.79 Å². The van der Waals surface area contributed by atoms with Crippen LogP contribution in [0.15, 0.2) is 18.2 Å². The molecule has 1 unspecified atom stereocenters. The number of carboxylic acids is 1. The van der Waals surface area contributed by atoms with Crippen LogP contribution in [0, 0.1) is 5.95 Å². The Kier molecular flexibility index (Phi) is 3.93. The molecule has 1 rings (SSSR count). The van der Waals surface area contributed by atoms with Crippen LogP contribution in [0.5, 0.6) is 0 Å². The number of halogens is 1. The average molecular weight is 226 g/mol. The molecule has 1 aromatic rings. The summed E-state index contributed by atoms with van der Waals surface area (Å²) in [5.74, 6) is -2.61. The molecule has 0 saturated carbocycles. The number of aromatic nitrogens is 1. The monoisotopic (exact) mass is 226 g/mol. The van der Waals surface area contributed by atoms with E-state index in [-0.39, 0.29) is 12.1 Å². The standard InChI is InChI=1S/C10H11FN2O3/c1-2-6(10(15)16)13-9(14)7-4-3-5-8(11)12-7/h3-6H,2H2,1H3,(H,13,14)(H,15,16). The number of amides is 1. The molecule has 86 valence electrons. The Morgan fingerprint density at radius 1 is 1.56 bits per heavy atom. The molecule has 0 fully saturated rings. The van der Waals surface area contributed by atoms with E-state index in [0.717, 1.165) is 6.07 Å². The molecule has 0 aliphatic carbocycles. The number of aliphatic carboxylic acids is 1. The fraction of sp³-hybridized carbons (Fsp3) is 0.300. The third kappa shape index (κ3) is 3.01. The summed E-state index contributed by atoms with van der Waals surface area (Å²) >= 11 is 0. The van der Waals surface area contributed by atoms with Crippen molar-refractivity contribution in [1.29, 1.82) is 0 Å². The summed E-state index contributed by atoms with van der Waals surface area (Å²) in [5, 5.41) is 11.0. The molecule has 0 bridgehead atoms. The summed E-state index contributed by atoms with van der Waals surface area (Å²) in [7, 11) is 0. The van der Waals surface area contributed by atoms with E-state index in [1.807, 2.05) is 0 Å². The Hall–Kier alpha value is -1.98. The van der Waals surface area contributed by atoms with E-state index in [1.54, 1.807) is 6.92 Å². The lowest BCUT2D eigenvalue weighted by Gasteiger charge is -2.11. The second-order valence-electron chi connectivity index (χ2n) is 3.12. The maximum Gasteiger partial charge on any atom is 0.326 e.